The van der Waals surface area contributed by atoms with Crippen LogP contribution in [0.3, 0.4) is 0 Å². The Labute approximate surface area is 162 Å². The average molecular weight is 360 g/mol. The number of carbonyl (C=O) groups is 1. The normalized spacial score (nSPS) is 12.2. The zero-order valence-corrected chi connectivity index (χ0v) is 17.2. The van der Waals surface area contributed by atoms with E-state index in [-0.39, 0.29) is 16.7 Å². The van der Waals surface area contributed by atoms with Gasteiger partial charge in [-0.1, -0.05) is 90.1 Å². The second kappa shape index (κ2) is 6.84. The van der Waals surface area contributed by atoms with E-state index in [9.17, 15) is 4.79 Å². The number of nitrogens with one attached hydrogen (secondary N) is 1. The summed E-state index contributed by atoms with van der Waals surface area (Å²) in [5, 5.41) is 5.25. The number of amides is 1. The van der Waals surface area contributed by atoms with Crippen molar-refractivity contribution in [2.75, 3.05) is 5.32 Å². The maximum Gasteiger partial charge on any atom is 0.256 e. The highest BCUT2D eigenvalue weighted by molar-refractivity contribution is 6.13. The molecule has 3 aromatic rings. The van der Waals surface area contributed by atoms with Crippen molar-refractivity contribution in [1.82, 2.24) is 0 Å². The lowest BCUT2D eigenvalue weighted by atomic mass is 9.74. The summed E-state index contributed by atoms with van der Waals surface area (Å²) in [6, 6.07) is 20.1. The van der Waals surface area contributed by atoms with Gasteiger partial charge < -0.3 is 5.32 Å². The lowest BCUT2D eigenvalue weighted by Gasteiger charge is -2.32. The molecule has 0 unspecified atom stereocenters. The third kappa shape index (κ3) is 3.90. The van der Waals surface area contributed by atoms with E-state index in [1.165, 1.54) is 11.1 Å². The van der Waals surface area contributed by atoms with E-state index in [1.54, 1.807) is 0 Å². The molecule has 0 spiro atoms. The molecule has 2 heteroatoms. The van der Waals surface area contributed by atoms with Gasteiger partial charge in [-0.05, 0) is 44.9 Å². The van der Waals surface area contributed by atoms with Gasteiger partial charge in [-0.25, -0.2) is 0 Å². The molecule has 0 aliphatic carbocycles. The molecule has 0 aliphatic heterocycles. The summed E-state index contributed by atoms with van der Waals surface area (Å²) in [6.45, 7) is 13.2. The number of fused-ring (bicyclic) bond motifs is 1. The Balaban J connectivity index is 2.09. The first-order valence-corrected chi connectivity index (χ1v) is 9.52. The first kappa shape index (κ1) is 19.2. The molecule has 140 valence electrons. The van der Waals surface area contributed by atoms with E-state index in [0.29, 0.717) is 5.56 Å². The van der Waals surface area contributed by atoms with Crippen LogP contribution in [0.15, 0.2) is 60.7 Å². The lowest BCUT2D eigenvalue weighted by Crippen LogP contribution is -2.25. The van der Waals surface area contributed by atoms with Crippen LogP contribution in [0.1, 0.15) is 63.0 Å². The van der Waals surface area contributed by atoms with Gasteiger partial charge in [0.05, 0.1) is 0 Å². The monoisotopic (exact) mass is 359 g/mol. The van der Waals surface area contributed by atoms with Gasteiger partial charge >= 0.3 is 0 Å². The molecule has 0 atom stereocenters. The molecule has 0 radical (unpaired) electrons. The third-order valence-electron chi connectivity index (χ3n) is 4.90. The number of rotatable bonds is 2. The van der Waals surface area contributed by atoms with Gasteiger partial charge in [-0.15, -0.1) is 0 Å². The highest BCUT2D eigenvalue weighted by atomic mass is 16.1. The molecular formula is C25H29NO. The highest BCUT2D eigenvalue weighted by Gasteiger charge is 2.28. The molecule has 0 saturated carbocycles. The third-order valence-corrected chi connectivity index (χ3v) is 4.90. The van der Waals surface area contributed by atoms with Crippen molar-refractivity contribution in [2.45, 2.75) is 52.4 Å². The van der Waals surface area contributed by atoms with Crippen LogP contribution in [0, 0.1) is 0 Å². The van der Waals surface area contributed by atoms with E-state index in [0.717, 1.165) is 16.5 Å². The smallest absolute Gasteiger partial charge is 0.256 e. The molecule has 0 aliphatic rings. The molecule has 0 fully saturated rings. The zero-order chi connectivity index (χ0) is 19.8. The van der Waals surface area contributed by atoms with E-state index >= 15 is 0 Å². The summed E-state index contributed by atoms with van der Waals surface area (Å²) in [6.07, 6.45) is 0. The van der Waals surface area contributed by atoms with Gasteiger partial charge in [-0.3, -0.25) is 4.79 Å². The van der Waals surface area contributed by atoms with Crippen LogP contribution in [0.5, 0.6) is 0 Å². The van der Waals surface area contributed by atoms with Gasteiger partial charge in [-0.2, -0.15) is 0 Å². The average Bonchev–Trinajstić information content (AvgIpc) is 2.59. The van der Waals surface area contributed by atoms with E-state index in [2.05, 4.69) is 52.9 Å². The molecule has 0 heterocycles. The minimum atomic E-state index is -0.0781. The Hall–Kier alpha value is -2.61. The summed E-state index contributed by atoms with van der Waals surface area (Å²) < 4.78 is 0. The molecule has 27 heavy (non-hydrogen) atoms. The fourth-order valence-electron chi connectivity index (χ4n) is 3.70. The Kier molecular flexibility index (Phi) is 4.86. The Morgan fingerprint density at radius 1 is 0.741 bits per heavy atom. The molecule has 1 N–H and O–H groups in total. The Morgan fingerprint density at radius 2 is 1.37 bits per heavy atom. The number of benzene rings is 3. The molecular weight excluding hydrogens is 330 g/mol. The summed E-state index contributed by atoms with van der Waals surface area (Å²) in [7, 11) is 0. The largest absolute Gasteiger partial charge is 0.322 e. The van der Waals surface area contributed by atoms with Crippen molar-refractivity contribution in [3.63, 3.8) is 0 Å². The van der Waals surface area contributed by atoms with Crippen molar-refractivity contribution in [3.8, 4) is 0 Å². The van der Waals surface area contributed by atoms with Crippen molar-refractivity contribution in [1.29, 1.82) is 0 Å². The SMILES string of the molecule is CC(C)(C)c1cccc(NC(=O)c2cccc3ccccc23)c1C(C)(C)C. The molecule has 0 bridgehead atoms. The molecule has 1 amide bonds. The second-order valence-electron chi connectivity index (χ2n) is 9.21. The number of hydrogen-bond acceptors (Lipinski definition) is 1. The molecule has 0 aromatic heterocycles. The van der Waals surface area contributed by atoms with Crippen molar-refractivity contribution in [2.24, 2.45) is 0 Å². The first-order valence-electron chi connectivity index (χ1n) is 9.52. The summed E-state index contributed by atoms with van der Waals surface area (Å²) >= 11 is 0. The summed E-state index contributed by atoms with van der Waals surface area (Å²) in [4.78, 5) is 13.2. The summed E-state index contributed by atoms with van der Waals surface area (Å²) in [5.41, 5.74) is 3.99. The van der Waals surface area contributed by atoms with Gasteiger partial charge in [0.25, 0.3) is 5.91 Å². The maximum atomic E-state index is 13.2. The van der Waals surface area contributed by atoms with Crippen LogP contribution >= 0.6 is 0 Å². The molecule has 3 aromatic carbocycles. The molecule has 3 rings (SSSR count). The van der Waals surface area contributed by atoms with Crippen LogP contribution in [-0.4, -0.2) is 5.91 Å². The topological polar surface area (TPSA) is 29.1 Å². The van der Waals surface area contributed by atoms with Crippen LogP contribution in [0.4, 0.5) is 5.69 Å². The number of hydrogen-bond donors (Lipinski definition) is 1. The molecule has 0 saturated heterocycles. The minimum absolute atomic E-state index is 0.00277. The van der Waals surface area contributed by atoms with Crippen LogP contribution in [-0.2, 0) is 10.8 Å². The van der Waals surface area contributed by atoms with Crippen molar-refractivity contribution >= 4 is 22.4 Å². The standard InChI is InChI=1S/C25H29NO/c1-24(2,3)20-15-10-16-21(22(20)25(4,5)6)26-23(27)19-14-9-12-17-11-7-8-13-18(17)19/h7-16H,1-6H3,(H,26,27). The van der Waals surface area contributed by atoms with Crippen molar-refractivity contribution in [3.05, 3.63) is 77.4 Å². The predicted molar refractivity (Wildman–Crippen MR) is 116 cm³/mol. The number of carbonyl (C=O) groups excluding carboxylic acids is 1. The van der Waals surface area contributed by atoms with E-state index < -0.39 is 0 Å². The minimum Gasteiger partial charge on any atom is -0.322 e. The van der Waals surface area contributed by atoms with Gasteiger partial charge in [0.2, 0.25) is 0 Å². The lowest BCUT2D eigenvalue weighted by molar-refractivity contribution is 0.102. The van der Waals surface area contributed by atoms with Gasteiger partial charge in [0.1, 0.15) is 0 Å². The number of anilines is 1. The highest BCUT2D eigenvalue weighted by Crippen LogP contribution is 2.38. The van der Waals surface area contributed by atoms with Crippen LogP contribution in [0.25, 0.3) is 10.8 Å². The van der Waals surface area contributed by atoms with Gasteiger partial charge in [0, 0.05) is 11.3 Å². The molecule has 2 nitrogen and oxygen atoms in total. The fourth-order valence-corrected chi connectivity index (χ4v) is 3.70. The van der Waals surface area contributed by atoms with Crippen LogP contribution < -0.4 is 5.32 Å². The van der Waals surface area contributed by atoms with E-state index in [1.807, 2.05) is 54.6 Å². The van der Waals surface area contributed by atoms with Crippen molar-refractivity contribution < 1.29 is 4.79 Å². The Morgan fingerprint density at radius 3 is 2.04 bits per heavy atom. The Bertz CT molecular complexity index is 982. The quantitative estimate of drug-likeness (QED) is 0.543. The van der Waals surface area contributed by atoms with Crippen LogP contribution in [0.2, 0.25) is 0 Å². The fraction of sp³-hybridized carbons (Fsp3) is 0.320. The first-order chi connectivity index (χ1) is 12.6. The predicted octanol–water partition coefficient (Wildman–Crippen LogP) is 6.69. The maximum absolute atomic E-state index is 13.2. The van der Waals surface area contributed by atoms with E-state index in [4.69, 9.17) is 0 Å². The summed E-state index contributed by atoms with van der Waals surface area (Å²) in [5.74, 6) is -0.0663. The van der Waals surface area contributed by atoms with Gasteiger partial charge in [0.15, 0.2) is 0 Å². The zero-order valence-electron chi connectivity index (χ0n) is 17.2. The second-order valence-corrected chi connectivity index (χ2v) is 9.21.